The average Bonchev–Trinajstić information content (AvgIpc) is 3.23. The zero-order valence-corrected chi connectivity index (χ0v) is 22.6. The number of rotatable bonds is 8. The maximum Gasteiger partial charge on any atom is 0.322 e. The number of amides is 4. The summed E-state index contributed by atoms with van der Waals surface area (Å²) in [5.41, 5.74) is 3.09. The fraction of sp³-hybridized carbons (Fsp3) is 0.207. The molecule has 0 bridgehead atoms. The Balaban J connectivity index is 1.28. The molecule has 2 heterocycles. The maximum absolute atomic E-state index is 13.6. The SMILES string of the molecule is CCN1C(=O)N[C@@H](c2ccc(Cl)cc2Cl)C2=C1CN(CC(=O)Nc1cccc(OCc3ccccc3)c1)C2=O. The number of likely N-dealkylation sites (N-methyl/N-ethyl adjacent to an activating group) is 1. The lowest BCUT2D eigenvalue weighted by molar-refractivity contribution is -0.130. The third-order valence-electron chi connectivity index (χ3n) is 6.59. The zero-order valence-electron chi connectivity index (χ0n) is 21.1. The van der Waals surface area contributed by atoms with Crippen LogP contribution in [0.4, 0.5) is 10.5 Å². The predicted octanol–water partition coefficient (Wildman–Crippen LogP) is 5.39. The number of carbonyl (C=O) groups is 3. The fourth-order valence-electron chi connectivity index (χ4n) is 4.76. The minimum atomic E-state index is -0.751. The molecular weight excluding hydrogens is 539 g/mol. The van der Waals surface area contributed by atoms with Crippen LogP contribution in [0.1, 0.15) is 24.1 Å². The molecule has 3 aromatic carbocycles. The van der Waals surface area contributed by atoms with Gasteiger partial charge < -0.3 is 20.3 Å². The first-order valence-electron chi connectivity index (χ1n) is 12.5. The summed E-state index contributed by atoms with van der Waals surface area (Å²) in [6.45, 7) is 2.54. The third-order valence-corrected chi connectivity index (χ3v) is 7.15. The molecule has 0 fully saturated rings. The molecule has 3 aromatic rings. The molecule has 0 radical (unpaired) electrons. The van der Waals surface area contributed by atoms with Crippen molar-refractivity contribution in [2.45, 2.75) is 19.6 Å². The highest BCUT2D eigenvalue weighted by Crippen LogP contribution is 2.39. The predicted molar refractivity (Wildman–Crippen MR) is 150 cm³/mol. The molecule has 1 atom stereocenters. The van der Waals surface area contributed by atoms with Crippen molar-refractivity contribution in [3.8, 4) is 5.75 Å². The Morgan fingerprint density at radius 3 is 2.59 bits per heavy atom. The number of anilines is 1. The largest absolute Gasteiger partial charge is 0.489 e. The van der Waals surface area contributed by atoms with E-state index in [1.807, 2.05) is 43.3 Å². The molecule has 0 aromatic heterocycles. The number of benzene rings is 3. The Bertz CT molecular complexity index is 1460. The van der Waals surface area contributed by atoms with Crippen molar-refractivity contribution < 1.29 is 19.1 Å². The van der Waals surface area contributed by atoms with Crippen molar-refractivity contribution in [2.24, 2.45) is 0 Å². The van der Waals surface area contributed by atoms with Gasteiger partial charge in [-0.3, -0.25) is 14.5 Å². The summed E-state index contributed by atoms with van der Waals surface area (Å²) in [5.74, 6) is -0.0988. The van der Waals surface area contributed by atoms with E-state index in [1.54, 1.807) is 36.4 Å². The topological polar surface area (TPSA) is 91.0 Å². The number of carbonyl (C=O) groups excluding carboxylic acids is 3. The maximum atomic E-state index is 13.6. The van der Waals surface area contributed by atoms with Gasteiger partial charge in [-0.25, -0.2) is 4.79 Å². The van der Waals surface area contributed by atoms with Crippen molar-refractivity contribution in [1.29, 1.82) is 0 Å². The Kier molecular flexibility index (Phi) is 7.77. The number of halogens is 2. The molecule has 2 aliphatic rings. The molecule has 0 spiro atoms. The van der Waals surface area contributed by atoms with Crippen LogP contribution >= 0.6 is 23.2 Å². The second-order valence-corrected chi connectivity index (χ2v) is 10.0. The Morgan fingerprint density at radius 1 is 1.05 bits per heavy atom. The van der Waals surface area contributed by atoms with E-state index in [0.29, 0.717) is 51.5 Å². The summed E-state index contributed by atoms with van der Waals surface area (Å²) in [7, 11) is 0. The van der Waals surface area contributed by atoms with Crippen LogP contribution in [0.15, 0.2) is 84.1 Å². The second kappa shape index (κ2) is 11.4. The van der Waals surface area contributed by atoms with E-state index < -0.39 is 6.04 Å². The lowest BCUT2D eigenvalue weighted by Gasteiger charge is -2.33. The van der Waals surface area contributed by atoms with Gasteiger partial charge in [0.15, 0.2) is 0 Å². The molecule has 4 amide bonds. The number of hydrogen-bond acceptors (Lipinski definition) is 4. The minimum absolute atomic E-state index is 0.130. The van der Waals surface area contributed by atoms with Gasteiger partial charge in [0.2, 0.25) is 5.91 Å². The van der Waals surface area contributed by atoms with Gasteiger partial charge in [0.1, 0.15) is 18.9 Å². The lowest BCUT2D eigenvalue weighted by atomic mass is 9.95. The van der Waals surface area contributed by atoms with Crippen molar-refractivity contribution in [1.82, 2.24) is 15.1 Å². The fourth-order valence-corrected chi connectivity index (χ4v) is 5.28. The van der Waals surface area contributed by atoms with Crippen LogP contribution in [-0.2, 0) is 16.2 Å². The normalized spacial score (nSPS) is 16.7. The molecule has 0 saturated heterocycles. The van der Waals surface area contributed by atoms with Crippen molar-refractivity contribution in [2.75, 3.05) is 25.0 Å². The highest BCUT2D eigenvalue weighted by atomic mass is 35.5. The van der Waals surface area contributed by atoms with E-state index in [4.69, 9.17) is 27.9 Å². The molecule has 8 nitrogen and oxygen atoms in total. The minimum Gasteiger partial charge on any atom is -0.489 e. The van der Waals surface area contributed by atoms with Crippen LogP contribution in [0.5, 0.6) is 5.75 Å². The van der Waals surface area contributed by atoms with Crippen LogP contribution in [-0.4, -0.2) is 47.3 Å². The first kappa shape index (κ1) is 26.6. The highest BCUT2D eigenvalue weighted by molar-refractivity contribution is 6.35. The molecule has 200 valence electrons. The first-order chi connectivity index (χ1) is 18.8. The van der Waals surface area contributed by atoms with Crippen molar-refractivity contribution in [3.63, 3.8) is 0 Å². The summed E-state index contributed by atoms with van der Waals surface area (Å²) in [6.07, 6.45) is 0. The molecular formula is C29H26Cl2N4O4. The molecule has 2 N–H and O–H groups in total. The van der Waals surface area contributed by atoms with Gasteiger partial charge in [0.25, 0.3) is 5.91 Å². The summed E-state index contributed by atoms with van der Waals surface area (Å²) in [6, 6.07) is 20.7. The first-order valence-corrected chi connectivity index (χ1v) is 13.2. The molecule has 5 rings (SSSR count). The van der Waals surface area contributed by atoms with Crippen LogP contribution in [0.2, 0.25) is 10.0 Å². The average molecular weight is 565 g/mol. The number of urea groups is 1. The number of ether oxygens (including phenoxy) is 1. The summed E-state index contributed by atoms with van der Waals surface area (Å²) >= 11 is 12.5. The van der Waals surface area contributed by atoms with E-state index in [0.717, 1.165) is 5.56 Å². The smallest absolute Gasteiger partial charge is 0.322 e. The standard InChI is InChI=1S/C29H26Cl2N4O4/c1-2-35-24-15-34(28(37)26(24)27(33-29(35)38)22-12-11-19(30)13-23(22)31)16-25(36)32-20-9-6-10-21(14-20)39-17-18-7-4-3-5-8-18/h3-14,27H,2,15-17H2,1H3,(H,32,36)(H,33,38)/t27-/m0/s1. The number of hydrogen-bond donors (Lipinski definition) is 2. The second-order valence-electron chi connectivity index (χ2n) is 9.16. The van der Waals surface area contributed by atoms with Crippen molar-refractivity contribution >= 4 is 46.7 Å². The highest BCUT2D eigenvalue weighted by Gasteiger charge is 2.44. The quantitative estimate of drug-likeness (QED) is 0.383. The Labute approximate surface area is 236 Å². The van der Waals surface area contributed by atoms with E-state index >= 15 is 0 Å². The van der Waals surface area contributed by atoms with Gasteiger partial charge in [-0.05, 0) is 42.3 Å². The molecule has 10 heteroatoms. The van der Waals surface area contributed by atoms with Gasteiger partial charge in [0, 0.05) is 28.3 Å². The van der Waals surface area contributed by atoms with Crippen LogP contribution in [0.3, 0.4) is 0 Å². The van der Waals surface area contributed by atoms with E-state index in [-0.39, 0.29) is 30.9 Å². The van der Waals surface area contributed by atoms with Gasteiger partial charge in [-0.1, -0.05) is 65.7 Å². The molecule has 2 aliphatic heterocycles. The third kappa shape index (κ3) is 5.72. The van der Waals surface area contributed by atoms with Gasteiger partial charge >= 0.3 is 6.03 Å². The molecule has 0 saturated carbocycles. The van der Waals surface area contributed by atoms with Crippen LogP contribution in [0.25, 0.3) is 0 Å². The summed E-state index contributed by atoms with van der Waals surface area (Å²) in [4.78, 5) is 42.3. The number of nitrogens with zero attached hydrogens (tertiary/aromatic N) is 2. The van der Waals surface area contributed by atoms with E-state index in [2.05, 4.69) is 10.6 Å². The monoisotopic (exact) mass is 564 g/mol. The molecule has 39 heavy (non-hydrogen) atoms. The molecule has 0 unspecified atom stereocenters. The lowest BCUT2D eigenvalue weighted by Crippen LogP contribution is -2.47. The number of nitrogens with one attached hydrogen (secondary N) is 2. The zero-order chi connectivity index (χ0) is 27.5. The van der Waals surface area contributed by atoms with Crippen LogP contribution in [0, 0.1) is 0 Å². The van der Waals surface area contributed by atoms with Gasteiger partial charge in [-0.15, -0.1) is 0 Å². The summed E-state index contributed by atoms with van der Waals surface area (Å²) in [5, 5.41) is 6.50. The van der Waals surface area contributed by atoms with E-state index in [1.165, 1.54) is 9.80 Å². The van der Waals surface area contributed by atoms with Gasteiger partial charge in [-0.2, -0.15) is 0 Å². The van der Waals surface area contributed by atoms with Crippen molar-refractivity contribution in [3.05, 3.63) is 105 Å². The van der Waals surface area contributed by atoms with Crippen LogP contribution < -0.4 is 15.4 Å². The summed E-state index contributed by atoms with van der Waals surface area (Å²) < 4.78 is 5.85. The molecule has 0 aliphatic carbocycles. The van der Waals surface area contributed by atoms with Gasteiger partial charge in [0.05, 0.1) is 23.9 Å². The Hall–Kier alpha value is -4.01. The van der Waals surface area contributed by atoms with E-state index in [9.17, 15) is 14.4 Å². The Morgan fingerprint density at radius 2 is 1.85 bits per heavy atom.